The van der Waals surface area contributed by atoms with Crippen LogP contribution in [-0.2, 0) is 0 Å². The molecule has 2 aromatic heterocycles. The number of alkyl halides is 2. The minimum atomic E-state index is -3.64. The third kappa shape index (κ3) is 3.54. The molecular weight excluding hydrogens is 396 g/mol. The number of fused-ring (bicyclic) bond motifs is 2. The Morgan fingerprint density at radius 1 is 0.897 bits per heavy atom. The summed E-state index contributed by atoms with van der Waals surface area (Å²) in [5.74, 6) is 0.599. The number of nitrogens with one attached hydrogen (secondary N) is 1. The van der Waals surface area contributed by atoms with Gasteiger partial charge >= 0.3 is 6.29 Å². The molecule has 0 radical (unpaired) electrons. The molecule has 4 aromatic rings. The van der Waals surface area contributed by atoms with Crippen molar-refractivity contribution in [1.29, 1.82) is 0 Å². The minimum absolute atomic E-state index is 0.00228. The molecule has 8 heteroatoms. The first-order valence-corrected chi connectivity index (χ1v) is 9.52. The Balaban J connectivity index is 1.48. The van der Waals surface area contributed by atoms with E-state index in [1.807, 2.05) is 36.4 Å². The minimum Gasteiger partial charge on any atom is -0.395 e. The van der Waals surface area contributed by atoms with Gasteiger partial charge in [0.2, 0.25) is 0 Å². The highest BCUT2D eigenvalue weighted by Crippen LogP contribution is 2.43. The van der Waals surface area contributed by atoms with E-state index in [0.29, 0.717) is 11.5 Å². The van der Waals surface area contributed by atoms with Gasteiger partial charge in [0, 0.05) is 50.9 Å². The molecule has 0 atom stereocenters. The molecule has 0 saturated heterocycles. The second-order valence-corrected chi connectivity index (χ2v) is 7.37. The van der Waals surface area contributed by atoms with Crippen LogP contribution in [0.25, 0.3) is 10.8 Å². The Kier molecular flexibility index (Phi) is 4.21. The quantitative estimate of drug-likeness (QED) is 0.457. The topological polar surface area (TPSA) is 56.3 Å². The first-order valence-electron chi connectivity index (χ1n) is 8.70. The van der Waals surface area contributed by atoms with Crippen LogP contribution in [0.3, 0.4) is 0 Å². The van der Waals surface area contributed by atoms with E-state index in [9.17, 15) is 8.78 Å². The van der Waals surface area contributed by atoms with E-state index in [0.717, 1.165) is 20.6 Å². The zero-order chi connectivity index (χ0) is 19.8. The molecule has 1 aliphatic rings. The third-order valence-electron chi connectivity index (χ3n) is 4.30. The summed E-state index contributed by atoms with van der Waals surface area (Å²) < 4.78 is 35.4. The molecule has 0 bridgehead atoms. The zero-order valence-electron chi connectivity index (χ0n) is 14.8. The summed E-state index contributed by atoms with van der Waals surface area (Å²) in [5, 5.41) is 5.12. The van der Waals surface area contributed by atoms with Gasteiger partial charge in [-0.2, -0.15) is 0 Å². The Hall–Kier alpha value is -3.39. The van der Waals surface area contributed by atoms with Gasteiger partial charge in [-0.25, -0.2) is 4.98 Å². The van der Waals surface area contributed by atoms with Gasteiger partial charge in [-0.3, -0.25) is 4.98 Å². The first-order chi connectivity index (χ1) is 14.1. The number of aromatic nitrogens is 2. The number of nitrogens with zero attached hydrogens (tertiary/aromatic N) is 2. The molecule has 3 heterocycles. The van der Waals surface area contributed by atoms with Crippen LogP contribution >= 0.6 is 11.8 Å². The molecule has 0 amide bonds. The molecule has 0 unspecified atom stereocenters. The fourth-order valence-electron chi connectivity index (χ4n) is 3.04. The zero-order valence-corrected chi connectivity index (χ0v) is 15.6. The van der Waals surface area contributed by atoms with Gasteiger partial charge < -0.3 is 14.8 Å². The number of benzene rings is 2. The van der Waals surface area contributed by atoms with Gasteiger partial charge in [0.15, 0.2) is 11.5 Å². The van der Waals surface area contributed by atoms with Gasteiger partial charge in [0.05, 0.1) is 0 Å². The van der Waals surface area contributed by atoms with E-state index in [1.165, 1.54) is 12.1 Å². The summed E-state index contributed by atoms with van der Waals surface area (Å²) >= 11 is 1.60. The van der Waals surface area contributed by atoms with Crippen molar-refractivity contribution in [1.82, 2.24) is 9.97 Å². The summed E-state index contributed by atoms with van der Waals surface area (Å²) in [4.78, 5) is 10.7. The summed E-state index contributed by atoms with van der Waals surface area (Å²) in [6.45, 7) is 0. The van der Waals surface area contributed by atoms with E-state index in [1.54, 1.807) is 36.4 Å². The van der Waals surface area contributed by atoms with Gasteiger partial charge in [-0.1, -0.05) is 36.0 Å². The van der Waals surface area contributed by atoms with Crippen LogP contribution < -0.4 is 14.8 Å². The lowest BCUT2D eigenvalue weighted by Crippen LogP contribution is -2.25. The molecule has 0 aliphatic carbocycles. The summed E-state index contributed by atoms with van der Waals surface area (Å²) in [6.07, 6.45) is 1.64. The summed E-state index contributed by atoms with van der Waals surface area (Å²) in [6, 6.07) is 16.3. The number of rotatable bonds is 4. The Morgan fingerprint density at radius 3 is 2.48 bits per heavy atom. The maximum atomic E-state index is 13.2. The predicted octanol–water partition coefficient (Wildman–Crippen LogP) is 5.85. The molecular formula is C21H13F2N3O2S. The first kappa shape index (κ1) is 17.7. The standard InChI is InChI=1S/C21H13F2N3O2S/c22-21(23)27-17-6-5-13(11-18(17)28-21)26-20-16-4-2-1-3-15(16)19(12-25-20)29-14-7-9-24-10-8-14/h1-12H,(H,25,26). The van der Waals surface area contributed by atoms with Gasteiger partial charge in [-0.15, -0.1) is 8.78 Å². The second kappa shape index (κ2) is 6.89. The molecule has 144 valence electrons. The van der Waals surface area contributed by atoms with Crippen LogP contribution in [0, 0.1) is 0 Å². The molecule has 29 heavy (non-hydrogen) atoms. The van der Waals surface area contributed by atoms with Crippen molar-refractivity contribution in [3.8, 4) is 11.5 Å². The molecule has 5 nitrogen and oxygen atoms in total. The maximum Gasteiger partial charge on any atom is 0.586 e. The number of anilines is 2. The average Bonchev–Trinajstić information content (AvgIpc) is 3.04. The fraction of sp³-hybridized carbons (Fsp3) is 0.0476. The monoisotopic (exact) mass is 409 g/mol. The lowest BCUT2D eigenvalue weighted by molar-refractivity contribution is -0.286. The number of pyridine rings is 2. The Labute approximate surface area is 168 Å². The molecule has 1 aliphatic heterocycles. The van der Waals surface area contributed by atoms with Crippen molar-refractivity contribution in [3.05, 3.63) is 73.2 Å². The third-order valence-corrected chi connectivity index (χ3v) is 5.35. The molecule has 1 N–H and O–H groups in total. The predicted molar refractivity (Wildman–Crippen MR) is 106 cm³/mol. The summed E-state index contributed by atoms with van der Waals surface area (Å²) in [7, 11) is 0. The van der Waals surface area contributed by atoms with Crippen LogP contribution in [0.4, 0.5) is 20.3 Å². The number of halogens is 2. The van der Waals surface area contributed by atoms with Gasteiger partial charge in [-0.05, 0) is 24.3 Å². The van der Waals surface area contributed by atoms with E-state index in [4.69, 9.17) is 0 Å². The normalized spacial score (nSPS) is 14.1. The van der Waals surface area contributed by atoms with Crippen LogP contribution in [0.5, 0.6) is 11.5 Å². The van der Waals surface area contributed by atoms with Crippen molar-refractivity contribution in [3.63, 3.8) is 0 Å². The SMILES string of the molecule is FC1(F)Oc2ccc(Nc3ncc(Sc4ccncc4)c4ccccc34)cc2O1. The number of hydrogen-bond donors (Lipinski definition) is 1. The average molecular weight is 409 g/mol. The fourth-order valence-corrected chi connectivity index (χ4v) is 3.95. The van der Waals surface area contributed by atoms with E-state index in [-0.39, 0.29) is 11.5 Å². The Bertz CT molecular complexity index is 1210. The lowest BCUT2D eigenvalue weighted by atomic mass is 10.1. The van der Waals surface area contributed by atoms with Crippen molar-refractivity contribution >= 4 is 34.0 Å². The molecule has 2 aromatic carbocycles. The Morgan fingerprint density at radius 2 is 1.66 bits per heavy atom. The highest BCUT2D eigenvalue weighted by Gasteiger charge is 2.43. The maximum absolute atomic E-state index is 13.2. The van der Waals surface area contributed by atoms with E-state index < -0.39 is 6.29 Å². The second-order valence-electron chi connectivity index (χ2n) is 6.26. The molecule has 0 fully saturated rings. The summed E-state index contributed by atoms with van der Waals surface area (Å²) in [5.41, 5.74) is 0.567. The van der Waals surface area contributed by atoms with Gasteiger partial charge in [0.25, 0.3) is 0 Å². The smallest absolute Gasteiger partial charge is 0.395 e. The number of ether oxygens (including phenoxy) is 2. The largest absolute Gasteiger partial charge is 0.586 e. The molecule has 5 rings (SSSR count). The van der Waals surface area contributed by atoms with Crippen molar-refractivity contribution < 1.29 is 18.3 Å². The van der Waals surface area contributed by atoms with E-state index in [2.05, 4.69) is 24.8 Å². The van der Waals surface area contributed by atoms with Crippen LogP contribution in [0.15, 0.2) is 83.0 Å². The van der Waals surface area contributed by atoms with Crippen molar-refractivity contribution in [2.24, 2.45) is 0 Å². The highest BCUT2D eigenvalue weighted by molar-refractivity contribution is 7.99. The number of hydrogen-bond acceptors (Lipinski definition) is 6. The molecule has 0 saturated carbocycles. The lowest BCUT2D eigenvalue weighted by Gasteiger charge is -2.12. The van der Waals surface area contributed by atoms with Gasteiger partial charge in [0.1, 0.15) is 5.82 Å². The van der Waals surface area contributed by atoms with Crippen LogP contribution in [0.2, 0.25) is 0 Å². The highest BCUT2D eigenvalue weighted by atomic mass is 32.2. The van der Waals surface area contributed by atoms with Crippen LogP contribution in [-0.4, -0.2) is 16.3 Å². The van der Waals surface area contributed by atoms with Crippen molar-refractivity contribution in [2.75, 3.05) is 5.32 Å². The van der Waals surface area contributed by atoms with E-state index >= 15 is 0 Å². The molecule has 0 spiro atoms. The van der Waals surface area contributed by atoms with Crippen molar-refractivity contribution in [2.45, 2.75) is 16.1 Å². The van der Waals surface area contributed by atoms with Crippen LogP contribution in [0.1, 0.15) is 0 Å².